The fraction of sp³-hybridized carbons (Fsp3) is 0.500. The van der Waals surface area contributed by atoms with Gasteiger partial charge in [-0.1, -0.05) is 13.0 Å². The van der Waals surface area contributed by atoms with Gasteiger partial charge in [0.2, 0.25) is 0 Å². The van der Waals surface area contributed by atoms with Crippen LogP contribution in [0.15, 0.2) is 24.4 Å². The molecule has 4 heteroatoms. The Kier molecular flexibility index (Phi) is 2.96. The van der Waals surface area contributed by atoms with Crippen LogP contribution in [0.5, 0.6) is 0 Å². The molecule has 2 N–H and O–H groups in total. The van der Waals surface area contributed by atoms with Crippen LogP contribution in [0.2, 0.25) is 0 Å². The van der Waals surface area contributed by atoms with E-state index in [9.17, 15) is 0 Å². The van der Waals surface area contributed by atoms with Gasteiger partial charge in [-0.15, -0.1) is 0 Å². The molecular weight excluding hydrogens is 224 g/mol. The van der Waals surface area contributed by atoms with Crippen molar-refractivity contribution in [2.24, 2.45) is 5.73 Å². The second-order valence-corrected chi connectivity index (χ2v) is 4.94. The third kappa shape index (κ3) is 1.86. The molecule has 4 nitrogen and oxygen atoms in total. The zero-order valence-corrected chi connectivity index (χ0v) is 10.8. The van der Waals surface area contributed by atoms with E-state index in [0.29, 0.717) is 12.6 Å². The number of nitrogens with zero attached hydrogens (tertiary/aromatic N) is 3. The van der Waals surface area contributed by atoms with Crippen molar-refractivity contribution in [3.05, 3.63) is 30.1 Å². The van der Waals surface area contributed by atoms with Gasteiger partial charge in [0.05, 0.1) is 5.69 Å². The van der Waals surface area contributed by atoms with E-state index in [1.807, 2.05) is 24.4 Å². The molecule has 0 unspecified atom stereocenters. The van der Waals surface area contributed by atoms with E-state index in [2.05, 4.69) is 16.2 Å². The zero-order chi connectivity index (χ0) is 12.5. The lowest BCUT2D eigenvalue weighted by Crippen LogP contribution is -2.28. The monoisotopic (exact) mass is 244 g/mol. The molecule has 1 saturated carbocycles. The predicted octanol–water partition coefficient (Wildman–Crippen LogP) is 2.17. The Morgan fingerprint density at radius 1 is 1.44 bits per heavy atom. The van der Waals surface area contributed by atoms with Gasteiger partial charge >= 0.3 is 0 Å². The fourth-order valence-electron chi connectivity index (χ4n) is 2.54. The van der Waals surface area contributed by atoms with Gasteiger partial charge in [0, 0.05) is 25.3 Å². The van der Waals surface area contributed by atoms with Gasteiger partial charge in [-0.3, -0.25) is 0 Å². The van der Waals surface area contributed by atoms with Gasteiger partial charge in [0.1, 0.15) is 5.65 Å². The molecule has 2 aromatic rings. The average molecular weight is 244 g/mol. The maximum atomic E-state index is 5.93. The number of aromatic nitrogens is 2. The molecular formula is C14H20N4. The third-order valence-corrected chi connectivity index (χ3v) is 3.53. The van der Waals surface area contributed by atoms with Crippen LogP contribution in [0, 0.1) is 0 Å². The lowest BCUT2D eigenvalue weighted by molar-refractivity contribution is 0.745. The highest BCUT2D eigenvalue weighted by Crippen LogP contribution is 2.33. The van der Waals surface area contributed by atoms with E-state index in [0.717, 1.165) is 30.1 Å². The first-order valence-corrected chi connectivity index (χ1v) is 6.77. The molecule has 0 amide bonds. The summed E-state index contributed by atoms with van der Waals surface area (Å²) < 4.78 is 2.11. The number of pyridine rings is 1. The van der Waals surface area contributed by atoms with Crippen LogP contribution in [0.3, 0.4) is 0 Å². The van der Waals surface area contributed by atoms with Crippen molar-refractivity contribution in [2.45, 2.75) is 38.8 Å². The Labute approximate surface area is 107 Å². The molecule has 1 fully saturated rings. The molecule has 1 aliphatic carbocycles. The highest BCUT2D eigenvalue weighted by atomic mass is 15.3. The first-order valence-electron chi connectivity index (χ1n) is 6.77. The Morgan fingerprint density at radius 2 is 2.28 bits per heavy atom. The van der Waals surface area contributed by atoms with E-state index in [4.69, 9.17) is 10.7 Å². The van der Waals surface area contributed by atoms with Crippen LogP contribution < -0.4 is 10.6 Å². The van der Waals surface area contributed by atoms with Crippen LogP contribution in [0.4, 0.5) is 5.82 Å². The van der Waals surface area contributed by atoms with Crippen molar-refractivity contribution >= 4 is 11.5 Å². The highest BCUT2D eigenvalue weighted by molar-refractivity contribution is 5.57. The number of imidazole rings is 1. The maximum Gasteiger partial charge on any atom is 0.152 e. The number of nitrogens with two attached hydrogens (primary N) is 1. The van der Waals surface area contributed by atoms with Crippen LogP contribution in [0.25, 0.3) is 5.65 Å². The molecule has 2 aromatic heterocycles. The molecule has 18 heavy (non-hydrogen) atoms. The smallest absolute Gasteiger partial charge is 0.152 e. The lowest BCUT2D eigenvalue weighted by atomic mass is 10.3. The summed E-state index contributed by atoms with van der Waals surface area (Å²) in [6.45, 7) is 3.82. The minimum Gasteiger partial charge on any atom is -0.352 e. The summed E-state index contributed by atoms with van der Waals surface area (Å²) in [5, 5.41) is 0. The maximum absolute atomic E-state index is 5.93. The third-order valence-electron chi connectivity index (χ3n) is 3.53. The molecule has 0 aromatic carbocycles. The molecule has 0 spiro atoms. The van der Waals surface area contributed by atoms with Gasteiger partial charge < -0.3 is 15.0 Å². The summed E-state index contributed by atoms with van der Waals surface area (Å²) in [6.07, 6.45) is 5.77. The molecule has 96 valence electrons. The number of hydrogen-bond acceptors (Lipinski definition) is 3. The zero-order valence-electron chi connectivity index (χ0n) is 10.8. The van der Waals surface area contributed by atoms with Crippen LogP contribution >= 0.6 is 0 Å². The predicted molar refractivity (Wildman–Crippen MR) is 73.7 cm³/mol. The van der Waals surface area contributed by atoms with Gasteiger partial charge in [0.15, 0.2) is 5.82 Å². The summed E-state index contributed by atoms with van der Waals surface area (Å²) in [5.41, 5.74) is 8.05. The van der Waals surface area contributed by atoms with Crippen molar-refractivity contribution < 1.29 is 0 Å². The van der Waals surface area contributed by atoms with E-state index < -0.39 is 0 Å². The van der Waals surface area contributed by atoms with Gasteiger partial charge in [-0.25, -0.2) is 4.98 Å². The van der Waals surface area contributed by atoms with E-state index in [1.165, 1.54) is 12.8 Å². The highest BCUT2D eigenvalue weighted by Gasteiger charge is 2.31. The average Bonchev–Trinajstić information content (AvgIpc) is 3.16. The van der Waals surface area contributed by atoms with Crippen molar-refractivity contribution in [1.29, 1.82) is 0 Å². The van der Waals surface area contributed by atoms with Gasteiger partial charge in [-0.05, 0) is 31.4 Å². The summed E-state index contributed by atoms with van der Waals surface area (Å²) in [7, 11) is 0. The minimum absolute atomic E-state index is 0.535. The van der Waals surface area contributed by atoms with Crippen molar-refractivity contribution in [1.82, 2.24) is 9.38 Å². The second kappa shape index (κ2) is 4.61. The molecule has 0 bridgehead atoms. The summed E-state index contributed by atoms with van der Waals surface area (Å²) in [6, 6.07) is 6.77. The molecule has 0 saturated heterocycles. The van der Waals surface area contributed by atoms with Crippen molar-refractivity contribution in [2.75, 3.05) is 11.4 Å². The quantitative estimate of drug-likeness (QED) is 0.877. The Bertz CT molecular complexity index is 542. The second-order valence-electron chi connectivity index (χ2n) is 4.94. The Morgan fingerprint density at radius 3 is 2.94 bits per heavy atom. The largest absolute Gasteiger partial charge is 0.352 e. The summed E-state index contributed by atoms with van der Waals surface area (Å²) in [5.74, 6) is 1.09. The van der Waals surface area contributed by atoms with Crippen LogP contribution in [-0.2, 0) is 6.54 Å². The first-order chi connectivity index (χ1) is 8.85. The lowest BCUT2D eigenvalue weighted by Gasteiger charge is -2.22. The SMILES string of the molecule is CCCN(c1nc2ccccn2c1CN)C1CC1. The molecule has 3 rings (SSSR count). The number of anilines is 1. The molecule has 0 aliphatic heterocycles. The Balaban J connectivity index is 2.08. The number of rotatable bonds is 5. The molecule has 0 atom stereocenters. The van der Waals surface area contributed by atoms with Crippen molar-refractivity contribution in [3.8, 4) is 0 Å². The fourth-order valence-corrected chi connectivity index (χ4v) is 2.54. The van der Waals surface area contributed by atoms with Gasteiger partial charge in [0.25, 0.3) is 0 Å². The van der Waals surface area contributed by atoms with Crippen LogP contribution in [-0.4, -0.2) is 22.0 Å². The number of hydrogen-bond donors (Lipinski definition) is 1. The van der Waals surface area contributed by atoms with E-state index in [1.54, 1.807) is 0 Å². The normalized spacial score (nSPS) is 15.2. The summed E-state index contributed by atoms with van der Waals surface area (Å²) >= 11 is 0. The minimum atomic E-state index is 0.535. The van der Waals surface area contributed by atoms with Crippen molar-refractivity contribution in [3.63, 3.8) is 0 Å². The van der Waals surface area contributed by atoms with E-state index in [-0.39, 0.29) is 0 Å². The molecule has 2 heterocycles. The molecule has 0 radical (unpaired) electrons. The summed E-state index contributed by atoms with van der Waals surface area (Å²) in [4.78, 5) is 7.21. The number of fused-ring (bicyclic) bond motifs is 1. The Hall–Kier alpha value is -1.55. The first kappa shape index (κ1) is 11.5. The van der Waals surface area contributed by atoms with E-state index >= 15 is 0 Å². The van der Waals surface area contributed by atoms with Gasteiger partial charge in [-0.2, -0.15) is 0 Å². The topological polar surface area (TPSA) is 46.6 Å². The standard InChI is InChI=1S/C14H20N4/c1-2-8-17(11-6-7-11)14-12(10-15)18-9-4-3-5-13(18)16-14/h3-5,9,11H,2,6-8,10,15H2,1H3. The molecule has 1 aliphatic rings. The van der Waals surface area contributed by atoms with Crippen LogP contribution in [0.1, 0.15) is 31.9 Å².